The number of aromatic nitrogens is 3. The number of rotatable bonds is 8. The van der Waals surface area contributed by atoms with Gasteiger partial charge in [-0.1, -0.05) is 11.8 Å². The molecule has 0 bridgehead atoms. The molecule has 2 heterocycles. The Bertz CT molecular complexity index is 744. The molecule has 0 aliphatic rings. The van der Waals surface area contributed by atoms with Crippen molar-refractivity contribution in [3.05, 3.63) is 41.5 Å². The number of carbonyl (C=O) groups excluding carboxylic acids is 2. The Hall–Kier alpha value is -2.48. The van der Waals surface area contributed by atoms with Gasteiger partial charge >= 0.3 is 0 Å². The van der Waals surface area contributed by atoms with Crippen LogP contribution < -0.4 is 10.6 Å². The van der Waals surface area contributed by atoms with E-state index in [9.17, 15) is 9.59 Å². The highest BCUT2D eigenvalue weighted by Crippen LogP contribution is 2.17. The maximum absolute atomic E-state index is 12.0. The van der Waals surface area contributed by atoms with Gasteiger partial charge in [-0.05, 0) is 44.2 Å². The van der Waals surface area contributed by atoms with E-state index in [1.165, 1.54) is 11.8 Å². The van der Waals surface area contributed by atoms with Crippen molar-refractivity contribution in [1.82, 2.24) is 20.3 Å². The number of hydrogen-bond donors (Lipinski definition) is 2. The number of hydrogen-bond acceptors (Lipinski definition) is 6. The molecule has 26 heavy (non-hydrogen) atoms. The standard InChI is InChI=1S/C18H23N5O2S/c1-12-15(13(2)22-18(21-12)26-3)4-5-16(24)20-11-8-17(25)23-14-6-9-19-10-7-14/h6-7,9-10H,4-5,8,11H2,1-3H3,(H,20,24)(H,19,23,25). The van der Waals surface area contributed by atoms with Gasteiger partial charge in [0.2, 0.25) is 11.8 Å². The van der Waals surface area contributed by atoms with Crippen LogP contribution in [-0.2, 0) is 16.0 Å². The number of aryl methyl sites for hydroxylation is 2. The molecule has 2 aromatic heterocycles. The molecule has 0 unspecified atom stereocenters. The number of carbonyl (C=O) groups is 2. The van der Waals surface area contributed by atoms with Crippen LogP contribution in [0.5, 0.6) is 0 Å². The summed E-state index contributed by atoms with van der Waals surface area (Å²) in [6.45, 7) is 4.17. The Morgan fingerprint density at radius 1 is 1.04 bits per heavy atom. The Balaban J connectivity index is 1.73. The van der Waals surface area contributed by atoms with Gasteiger partial charge in [-0.3, -0.25) is 14.6 Å². The first-order valence-corrected chi connectivity index (χ1v) is 9.56. The molecule has 2 amide bonds. The van der Waals surface area contributed by atoms with Gasteiger partial charge in [0.05, 0.1) is 0 Å². The monoisotopic (exact) mass is 373 g/mol. The number of pyridine rings is 1. The highest BCUT2D eigenvalue weighted by atomic mass is 32.2. The summed E-state index contributed by atoms with van der Waals surface area (Å²) < 4.78 is 0. The Labute approximate surface area is 157 Å². The smallest absolute Gasteiger partial charge is 0.226 e. The summed E-state index contributed by atoms with van der Waals surface area (Å²) in [5.74, 6) is -0.237. The molecule has 138 valence electrons. The Morgan fingerprint density at radius 3 is 2.31 bits per heavy atom. The van der Waals surface area contributed by atoms with E-state index in [-0.39, 0.29) is 18.2 Å². The summed E-state index contributed by atoms with van der Waals surface area (Å²) in [5.41, 5.74) is 3.52. The summed E-state index contributed by atoms with van der Waals surface area (Å²) in [4.78, 5) is 36.6. The van der Waals surface area contributed by atoms with E-state index < -0.39 is 0 Å². The molecule has 2 rings (SSSR count). The van der Waals surface area contributed by atoms with Crippen LogP contribution in [0.25, 0.3) is 0 Å². The lowest BCUT2D eigenvalue weighted by atomic mass is 10.1. The van der Waals surface area contributed by atoms with Crippen molar-refractivity contribution in [3.63, 3.8) is 0 Å². The Kier molecular flexibility index (Phi) is 7.53. The number of thioether (sulfide) groups is 1. The van der Waals surface area contributed by atoms with Crippen molar-refractivity contribution in [2.24, 2.45) is 0 Å². The molecule has 0 radical (unpaired) electrons. The minimum atomic E-state index is -0.149. The van der Waals surface area contributed by atoms with Crippen molar-refractivity contribution in [1.29, 1.82) is 0 Å². The van der Waals surface area contributed by atoms with Crippen LogP contribution in [0, 0.1) is 13.8 Å². The van der Waals surface area contributed by atoms with Gasteiger partial charge in [-0.2, -0.15) is 0 Å². The molecule has 8 heteroatoms. The highest BCUT2D eigenvalue weighted by molar-refractivity contribution is 7.98. The normalized spacial score (nSPS) is 10.4. The number of anilines is 1. The van der Waals surface area contributed by atoms with Crippen LogP contribution in [0.4, 0.5) is 5.69 Å². The van der Waals surface area contributed by atoms with Crippen molar-refractivity contribution in [3.8, 4) is 0 Å². The molecule has 0 aromatic carbocycles. The Morgan fingerprint density at radius 2 is 1.69 bits per heavy atom. The molecule has 0 saturated heterocycles. The maximum atomic E-state index is 12.0. The zero-order valence-electron chi connectivity index (χ0n) is 15.2. The van der Waals surface area contributed by atoms with Crippen molar-refractivity contribution >= 4 is 29.3 Å². The van der Waals surface area contributed by atoms with Gasteiger partial charge in [-0.15, -0.1) is 0 Å². The summed E-state index contributed by atoms with van der Waals surface area (Å²) in [6, 6.07) is 3.43. The van der Waals surface area contributed by atoms with Crippen molar-refractivity contribution < 1.29 is 9.59 Å². The van der Waals surface area contributed by atoms with E-state index >= 15 is 0 Å². The zero-order chi connectivity index (χ0) is 18.9. The first-order valence-electron chi connectivity index (χ1n) is 8.34. The third-order valence-corrected chi connectivity index (χ3v) is 4.37. The molecule has 0 spiro atoms. The molecule has 0 fully saturated rings. The molecule has 0 atom stereocenters. The molecule has 0 saturated carbocycles. The average molecular weight is 373 g/mol. The summed E-state index contributed by atoms with van der Waals surface area (Å²) in [6.07, 6.45) is 6.30. The fraction of sp³-hybridized carbons (Fsp3) is 0.389. The molecular weight excluding hydrogens is 350 g/mol. The lowest BCUT2D eigenvalue weighted by Crippen LogP contribution is -2.28. The van der Waals surface area contributed by atoms with Crippen LogP contribution >= 0.6 is 11.8 Å². The van der Waals surface area contributed by atoms with E-state index in [1.807, 2.05) is 20.1 Å². The van der Waals surface area contributed by atoms with E-state index in [0.29, 0.717) is 25.1 Å². The topological polar surface area (TPSA) is 96.9 Å². The van der Waals surface area contributed by atoms with E-state index in [4.69, 9.17) is 0 Å². The van der Waals surface area contributed by atoms with Crippen LogP contribution in [0.3, 0.4) is 0 Å². The van der Waals surface area contributed by atoms with Crippen LogP contribution in [0.1, 0.15) is 29.8 Å². The second kappa shape index (κ2) is 9.86. The van der Waals surface area contributed by atoms with Gasteiger partial charge in [0.1, 0.15) is 0 Å². The van der Waals surface area contributed by atoms with Crippen LogP contribution in [-0.4, -0.2) is 39.6 Å². The summed E-state index contributed by atoms with van der Waals surface area (Å²) in [5, 5.41) is 6.27. The fourth-order valence-electron chi connectivity index (χ4n) is 2.46. The molecule has 7 nitrogen and oxygen atoms in total. The van der Waals surface area contributed by atoms with Gasteiger partial charge in [-0.25, -0.2) is 9.97 Å². The lowest BCUT2D eigenvalue weighted by Gasteiger charge is -2.10. The third-order valence-electron chi connectivity index (χ3n) is 3.82. The van der Waals surface area contributed by atoms with E-state index in [2.05, 4.69) is 25.6 Å². The molecular formula is C18H23N5O2S. The first kappa shape index (κ1) is 19.8. The van der Waals surface area contributed by atoms with Crippen molar-refractivity contribution in [2.75, 3.05) is 18.1 Å². The molecule has 2 aromatic rings. The van der Waals surface area contributed by atoms with Crippen LogP contribution in [0.15, 0.2) is 29.7 Å². The third kappa shape index (κ3) is 6.11. The molecule has 0 aliphatic carbocycles. The van der Waals surface area contributed by atoms with E-state index in [1.54, 1.807) is 24.5 Å². The molecule has 0 aliphatic heterocycles. The van der Waals surface area contributed by atoms with Gasteiger partial charge < -0.3 is 10.6 Å². The maximum Gasteiger partial charge on any atom is 0.226 e. The first-order chi connectivity index (χ1) is 12.5. The van der Waals surface area contributed by atoms with Crippen molar-refractivity contribution in [2.45, 2.75) is 38.3 Å². The largest absolute Gasteiger partial charge is 0.356 e. The second-order valence-corrected chi connectivity index (χ2v) is 6.52. The molecule has 2 N–H and O–H groups in total. The minimum absolute atomic E-state index is 0.0885. The minimum Gasteiger partial charge on any atom is -0.356 e. The lowest BCUT2D eigenvalue weighted by molar-refractivity contribution is -0.121. The summed E-state index contributed by atoms with van der Waals surface area (Å²) in [7, 11) is 0. The number of nitrogens with one attached hydrogen (secondary N) is 2. The second-order valence-electron chi connectivity index (χ2n) is 5.74. The number of amides is 2. The predicted molar refractivity (Wildman–Crippen MR) is 102 cm³/mol. The zero-order valence-corrected chi connectivity index (χ0v) is 16.0. The summed E-state index contributed by atoms with van der Waals surface area (Å²) >= 11 is 1.50. The van der Waals surface area contributed by atoms with Gasteiger partial charge in [0.25, 0.3) is 0 Å². The highest BCUT2D eigenvalue weighted by Gasteiger charge is 2.11. The quantitative estimate of drug-likeness (QED) is 0.544. The van der Waals surface area contributed by atoms with Crippen LogP contribution in [0.2, 0.25) is 0 Å². The fourth-order valence-corrected chi connectivity index (χ4v) is 2.92. The SMILES string of the molecule is CSc1nc(C)c(CCC(=O)NCCC(=O)Nc2ccncc2)c(C)n1. The average Bonchev–Trinajstić information content (AvgIpc) is 2.61. The number of nitrogens with zero attached hydrogens (tertiary/aromatic N) is 3. The van der Waals surface area contributed by atoms with E-state index in [0.717, 1.165) is 22.1 Å². The van der Waals surface area contributed by atoms with Gasteiger partial charge in [0, 0.05) is 48.9 Å². The van der Waals surface area contributed by atoms with Gasteiger partial charge in [0.15, 0.2) is 5.16 Å². The predicted octanol–water partition coefficient (Wildman–Crippen LogP) is 2.29.